The van der Waals surface area contributed by atoms with Crippen molar-refractivity contribution in [2.45, 2.75) is 38.2 Å². The second-order valence-corrected chi connectivity index (χ2v) is 3.04. The Kier molecular flexibility index (Phi) is 3.64. The molecule has 12 heavy (non-hydrogen) atoms. The van der Waals surface area contributed by atoms with Gasteiger partial charge in [0.25, 0.3) is 0 Å². The van der Waals surface area contributed by atoms with Gasteiger partial charge in [-0.15, -0.1) is 0 Å². The smallest absolute Gasteiger partial charge is 0.405 e. The molecular formula is C9H15NO2. The van der Waals surface area contributed by atoms with Crippen LogP contribution in [0.4, 0.5) is 4.79 Å². The molecule has 3 nitrogen and oxygen atoms in total. The number of hydrogen-bond donors (Lipinski definition) is 1. The molecule has 1 aliphatic carbocycles. The first-order valence-electron chi connectivity index (χ1n) is 4.42. The van der Waals surface area contributed by atoms with Gasteiger partial charge in [-0.3, -0.25) is 0 Å². The Morgan fingerprint density at radius 3 is 3.00 bits per heavy atom. The molecule has 1 rings (SSSR count). The average Bonchev–Trinajstić information content (AvgIpc) is 1.93. The van der Waals surface area contributed by atoms with Crippen molar-refractivity contribution in [1.29, 1.82) is 0 Å². The average molecular weight is 169 g/mol. The lowest BCUT2D eigenvalue weighted by Gasteiger charge is -2.14. The van der Waals surface area contributed by atoms with E-state index in [2.05, 4.69) is 6.08 Å². The molecule has 0 saturated carbocycles. The number of amides is 1. The van der Waals surface area contributed by atoms with Crippen LogP contribution >= 0.6 is 0 Å². The van der Waals surface area contributed by atoms with Crippen LogP contribution in [-0.4, -0.2) is 12.2 Å². The fourth-order valence-corrected chi connectivity index (χ4v) is 1.38. The first-order valence-corrected chi connectivity index (χ1v) is 4.42. The quantitative estimate of drug-likeness (QED) is 0.610. The van der Waals surface area contributed by atoms with Gasteiger partial charge in [-0.2, -0.15) is 0 Å². The van der Waals surface area contributed by atoms with Crippen LogP contribution in [0.3, 0.4) is 0 Å². The number of primary amides is 1. The van der Waals surface area contributed by atoms with Gasteiger partial charge in [0.05, 0.1) is 0 Å². The van der Waals surface area contributed by atoms with E-state index in [1.807, 2.05) is 6.08 Å². The third-order valence-electron chi connectivity index (χ3n) is 1.98. The fraction of sp³-hybridized carbons (Fsp3) is 0.667. The molecule has 3 heteroatoms. The monoisotopic (exact) mass is 169 g/mol. The summed E-state index contributed by atoms with van der Waals surface area (Å²) in [5.41, 5.74) is 4.92. The summed E-state index contributed by atoms with van der Waals surface area (Å²) in [5, 5.41) is 0. The molecule has 0 aliphatic heterocycles. The van der Waals surface area contributed by atoms with Crippen LogP contribution in [0.2, 0.25) is 0 Å². The van der Waals surface area contributed by atoms with Crippen molar-refractivity contribution in [3.05, 3.63) is 12.2 Å². The Morgan fingerprint density at radius 1 is 1.42 bits per heavy atom. The molecule has 0 spiro atoms. The third kappa shape index (κ3) is 3.42. The molecule has 1 amide bonds. The second-order valence-electron chi connectivity index (χ2n) is 3.04. The van der Waals surface area contributed by atoms with E-state index in [4.69, 9.17) is 10.5 Å². The van der Waals surface area contributed by atoms with E-state index in [0.717, 1.165) is 19.3 Å². The highest BCUT2D eigenvalue weighted by Gasteiger charge is 2.09. The summed E-state index contributed by atoms with van der Waals surface area (Å²) in [6.07, 6.45) is 8.77. The Balaban J connectivity index is 2.38. The molecule has 0 saturated heterocycles. The first-order chi connectivity index (χ1) is 5.79. The molecule has 0 fully saturated rings. The number of carbonyl (C=O) groups is 1. The third-order valence-corrected chi connectivity index (χ3v) is 1.98. The summed E-state index contributed by atoms with van der Waals surface area (Å²) in [4.78, 5) is 10.4. The maximum absolute atomic E-state index is 10.4. The van der Waals surface area contributed by atoms with Gasteiger partial charge in [0, 0.05) is 0 Å². The molecule has 0 bridgehead atoms. The Hall–Kier alpha value is -0.990. The molecule has 68 valence electrons. The zero-order chi connectivity index (χ0) is 8.81. The van der Waals surface area contributed by atoms with Crippen molar-refractivity contribution in [1.82, 2.24) is 0 Å². The second kappa shape index (κ2) is 4.80. The van der Waals surface area contributed by atoms with E-state index in [-0.39, 0.29) is 6.10 Å². The minimum atomic E-state index is -0.676. The van der Waals surface area contributed by atoms with Crippen molar-refractivity contribution in [3.63, 3.8) is 0 Å². The summed E-state index contributed by atoms with van der Waals surface area (Å²) in [7, 11) is 0. The largest absolute Gasteiger partial charge is 0.442 e. The van der Waals surface area contributed by atoms with Gasteiger partial charge in [-0.05, 0) is 31.8 Å². The van der Waals surface area contributed by atoms with E-state index in [0.29, 0.717) is 0 Å². The number of allylic oxidation sites excluding steroid dienone is 1. The van der Waals surface area contributed by atoms with E-state index in [1.165, 1.54) is 12.8 Å². The van der Waals surface area contributed by atoms with Crippen LogP contribution in [0.25, 0.3) is 0 Å². The van der Waals surface area contributed by atoms with Gasteiger partial charge in [-0.1, -0.05) is 12.5 Å². The van der Waals surface area contributed by atoms with Crippen LogP contribution in [0, 0.1) is 0 Å². The lowest BCUT2D eigenvalue weighted by molar-refractivity contribution is 0.123. The standard InChI is InChI=1S/C9H15NO2/c10-9(11)12-8-6-4-2-1-3-5-7-8/h4,6,8H,1-3,5,7H2,(H2,10,11)/b6-4-. The predicted molar refractivity (Wildman–Crippen MR) is 46.7 cm³/mol. The van der Waals surface area contributed by atoms with Crippen molar-refractivity contribution in [2.75, 3.05) is 0 Å². The minimum absolute atomic E-state index is 0.0946. The summed E-state index contributed by atoms with van der Waals surface area (Å²) >= 11 is 0. The van der Waals surface area contributed by atoms with Gasteiger partial charge >= 0.3 is 6.09 Å². The van der Waals surface area contributed by atoms with Crippen LogP contribution in [-0.2, 0) is 4.74 Å². The van der Waals surface area contributed by atoms with Gasteiger partial charge in [0.1, 0.15) is 6.10 Å². The highest BCUT2D eigenvalue weighted by molar-refractivity contribution is 5.65. The van der Waals surface area contributed by atoms with Gasteiger partial charge in [0.2, 0.25) is 0 Å². The van der Waals surface area contributed by atoms with Crippen molar-refractivity contribution in [3.8, 4) is 0 Å². The molecule has 0 radical (unpaired) electrons. The van der Waals surface area contributed by atoms with Crippen molar-refractivity contribution < 1.29 is 9.53 Å². The number of rotatable bonds is 1. The zero-order valence-electron chi connectivity index (χ0n) is 7.16. The molecule has 0 aromatic rings. The topological polar surface area (TPSA) is 52.3 Å². The first kappa shape index (κ1) is 9.10. The minimum Gasteiger partial charge on any atom is -0.442 e. The van der Waals surface area contributed by atoms with Crippen LogP contribution in [0.5, 0.6) is 0 Å². The van der Waals surface area contributed by atoms with Gasteiger partial charge in [-0.25, -0.2) is 4.79 Å². The molecule has 0 aromatic carbocycles. The Labute approximate surface area is 72.6 Å². The lowest BCUT2D eigenvalue weighted by atomic mass is 10.0. The van der Waals surface area contributed by atoms with E-state index < -0.39 is 6.09 Å². The number of nitrogens with two attached hydrogens (primary N) is 1. The van der Waals surface area contributed by atoms with E-state index in [9.17, 15) is 4.79 Å². The molecule has 2 N–H and O–H groups in total. The fourth-order valence-electron chi connectivity index (χ4n) is 1.38. The van der Waals surface area contributed by atoms with Crippen LogP contribution in [0.15, 0.2) is 12.2 Å². The summed E-state index contributed by atoms with van der Waals surface area (Å²) < 4.78 is 4.88. The summed E-state index contributed by atoms with van der Waals surface area (Å²) in [5.74, 6) is 0. The summed E-state index contributed by atoms with van der Waals surface area (Å²) in [6.45, 7) is 0. The molecule has 1 unspecified atom stereocenters. The predicted octanol–water partition coefficient (Wildman–Crippen LogP) is 1.97. The maximum Gasteiger partial charge on any atom is 0.405 e. The number of hydrogen-bond acceptors (Lipinski definition) is 2. The molecule has 1 aliphatic rings. The zero-order valence-corrected chi connectivity index (χ0v) is 7.16. The van der Waals surface area contributed by atoms with Gasteiger partial charge < -0.3 is 10.5 Å². The molecule has 0 aromatic heterocycles. The van der Waals surface area contributed by atoms with Crippen molar-refractivity contribution in [2.24, 2.45) is 5.73 Å². The molecule has 1 atom stereocenters. The van der Waals surface area contributed by atoms with Crippen LogP contribution < -0.4 is 5.73 Å². The highest BCUT2D eigenvalue weighted by Crippen LogP contribution is 2.13. The van der Waals surface area contributed by atoms with E-state index >= 15 is 0 Å². The SMILES string of the molecule is NC(=O)OC1/C=C\CCCCC1. The van der Waals surface area contributed by atoms with Gasteiger partial charge in [0.15, 0.2) is 0 Å². The van der Waals surface area contributed by atoms with Crippen LogP contribution in [0.1, 0.15) is 32.1 Å². The highest BCUT2D eigenvalue weighted by atomic mass is 16.6. The number of carbonyl (C=O) groups excluding carboxylic acids is 1. The summed E-state index contributed by atoms with van der Waals surface area (Å²) in [6, 6.07) is 0. The van der Waals surface area contributed by atoms with Crippen molar-refractivity contribution >= 4 is 6.09 Å². The molecular weight excluding hydrogens is 154 g/mol. The molecule has 0 heterocycles. The normalized spacial score (nSPS) is 26.8. The Morgan fingerprint density at radius 2 is 2.25 bits per heavy atom. The van der Waals surface area contributed by atoms with E-state index in [1.54, 1.807) is 0 Å². The Bertz CT molecular complexity index is 177. The number of ether oxygens (including phenoxy) is 1. The lowest BCUT2D eigenvalue weighted by Crippen LogP contribution is -2.21. The maximum atomic E-state index is 10.4.